The Bertz CT molecular complexity index is 1040. The molecule has 4 atom stereocenters. The van der Waals surface area contributed by atoms with Crippen LogP contribution in [0.25, 0.3) is 10.9 Å². The van der Waals surface area contributed by atoms with Crippen LogP contribution in [-0.4, -0.2) is 72.3 Å². The molecule has 4 rings (SSSR count). The second-order valence-electron chi connectivity index (χ2n) is 11.3. The van der Waals surface area contributed by atoms with Crippen molar-refractivity contribution >= 4 is 23.0 Å². The van der Waals surface area contributed by atoms with Crippen LogP contribution < -0.4 is 0 Å². The molecule has 0 aliphatic carbocycles. The third kappa shape index (κ3) is 6.18. The van der Waals surface area contributed by atoms with Gasteiger partial charge in [-0.3, -0.25) is 4.79 Å². The number of hydrogen-bond donors (Lipinski definition) is 1. The Morgan fingerprint density at radius 1 is 1.17 bits per heavy atom. The van der Waals surface area contributed by atoms with E-state index in [0.29, 0.717) is 25.0 Å². The van der Waals surface area contributed by atoms with Crippen LogP contribution in [0.1, 0.15) is 64.1 Å². The predicted octanol–water partition coefficient (Wildman–Crippen LogP) is 4.96. The summed E-state index contributed by atoms with van der Waals surface area (Å²) in [4.78, 5) is 33.4. The number of hydrogen-bond acceptors (Lipinski definition) is 5. The van der Waals surface area contributed by atoms with Gasteiger partial charge in [-0.05, 0) is 76.8 Å². The molecule has 0 radical (unpaired) electrons. The number of aromatic amines is 1. The number of aromatic nitrogens is 1. The molecular formula is C28H41N3O4. The second-order valence-corrected chi connectivity index (χ2v) is 11.3. The lowest BCUT2D eigenvalue weighted by Crippen LogP contribution is -2.43. The molecule has 2 bridgehead atoms. The second kappa shape index (κ2) is 10.6. The topological polar surface area (TPSA) is 74.9 Å². The summed E-state index contributed by atoms with van der Waals surface area (Å²) in [6, 6.07) is 8.35. The van der Waals surface area contributed by atoms with Gasteiger partial charge in [-0.1, -0.05) is 18.2 Å². The number of nitrogens with one attached hydrogen (secondary N) is 1. The van der Waals surface area contributed by atoms with Gasteiger partial charge < -0.3 is 24.3 Å². The average Bonchev–Trinajstić information content (AvgIpc) is 3.17. The molecule has 1 aromatic heterocycles. The Morgan fingerprint density at radius 3 is 2.69 bits per heavy atom. The van der Waals surface area contributed by atoms with Gasteiger partial charge in [0.05, 0.1) is 12.5 Å². The highest BCUT2D eigenvalue weighted by molar-refractivity contribution is 5.88. The molecule has 3 heterocycles. The minimum Gasteiger partial charge on any atom is -0.465 e. The number of H-pyrrole nitrogens is 1. The third-order valence-corrected chi connectivity index (χ3v) is 7.29. The van der Waals surface area contributed by atoms with Crippen LogP contribution in [0.2, 0.25) is 0 Å². The molecule has 2 aromatic rings. The summed E-state index contributed by atoms with van der Waals surface area (Å²) in [7, 11) is 1.81. The lowest BCUT2D eigenvalue weighted by Gasteiger charge is -2.38. The average molecular weight is 484 g/mol. The van der Waals surface area contributed by atoms with E-state index in [1.165, 1.54) is 10.9 Å². The Hall–Kier alpha value is -2.54. The van der Waals surface area contributed by atoms with E-state index in [-0.39, 0.29) is 18.0 Å². The number of piperidine rings is 1. The first-order chi connectivity index (χ1) is 16.6. The van der Waals surface area contributed by atoms with E-state index in [1.807, 2.05) is 40.8 Å². The molecule has 7 heteroatoms. The minimum absolute atomic E-state index is 0.125. The van der Waals surface area contributed by atoms with E-state index in [4.69, 9.17) is 9.47 Å². The maximum Gasteiger partial charge on any atom is 0.410 e. The van der Waals surface area contributed by atoms with Crippen molar-refractivity contribution < 1.29 is 19.1 Å². The van der Waals surface area contributed by atoms with Gasteiger partial charge in [-0.25, -0.2) is 4.79 Å². The maximum atomic E-state index is 13.1. The van der Waals surface area contributed by atoms with Crippen molar-refractivity contribution in [2.75, 3.05) is 39.8 Å². The SMILES string of the molecule is CCOC(=O)[C@H]1CC2C[C@H](CCN(C)C(=O)OC(C)(C)C)CN(CCc3c1[nH]c1ccccc31)C2. The van der Waals surface area contributed by atoms with Crippen molar-refractivity contribution in [2.24, 2.45) is 11.8 Å². The lowest BCUT2D eigenvalue weighted by molar-refractivity contribution is -0.145. The van der Waals surface area contributed by atoms with Gasteiger partial charge in [0.1, 0.15) is 5.60 Å². The number of carbonyl (C=O) groups is 2. The van der Waals surface area contributed by atoms with E-state index in [1.54, 1.807) is 4.90 Å². The van der Waals surface area contributed by atoms with E-state index >= 15 is 0 Å². The molecule has 2 aliphatic rings. The number of ether oxygens (including phenoxy) is 2. The molecule has 35 heavy (non-hydrogen) atoms. The zero-order valence-electron chi connectivity index (χ0n) is 21.9. The molecule has 1 fully saturated rings. The Balaban J connectivity index is 1.51. The fraction of sp³-hybridized carbons (Fsp3) is 0.643. The van der Waals surface area contributed by atoms with Gasteiger partial charge in [0.15, 0.2) is 0 Å². The highest BCUT2D eigenvalue weighted by Gasteiger charge is 2.36. The van der Waals surface area contributed by atoms with Crippen molar-refractivity contribution in [3.05, 3.63) is 35.5 Å². The van der Waals surface area contributed by atoms with Gasteiger partial charge in [0.25, 0.3) is 0 Å². The van der Waals surface area contributed by atoms with Crippen LogP contribution in [0.5, 0.6) is 0 Å². The molecule has 2 unspecified atom stereocenters. The highest BCUT2D eigenvalue weighted by Crippen LogP contribution is 2.38. The van der Waals surface area contributed by atoms with E-state index in [0.717, 1.165) is 56.5 Å². The predicted molar refractivity (Wildman–Crippen MR) is 138 cm³/mol. The van der Waals surface area contributed by atoms with Crippen molar-refractivity contribution in [3.8, 4) is 0 Å². The number of amides is 1. The Labute approximate surface area is 209 Å². The van der Waals surface area contributed by atoms with Gasteiger partial charge in [-0.15, -0.1) is 0 Å². The summed E-state index contributed by atoms with van der Waals surface area (Å²) < 4.78 is 11.1. The smallest absolute Gasteiger partial charge is 0.410 e. The van der Waals surface area contributed by atoms with Crippen LogP contribution in [0.4, 0.5) is 4.79 Å². The first kappa shape index (κ1) is 25.5. The van der Waals surface area contributed by atoms with Crippen LogP contribution in [-0.2, 0) is 20.7 Å². The molecule has 1 aromatic carbocycles. The van der Waals surface area contributed by atoms with Crippen LogP contribution in [0.15, 0.2) is 24.3 Å². The van der Waals surface area contributed by atoms with Crippen molar-refractivity contribution in [3.63, 3.8) is 0 Å². The first-order valence-corrected chi connectivity index (χ1v) is 13.1. The normalized spacial score (nSPS) is 24.6. The number of para-hydroxylation sites is 1. The minimum atomic E-state index is -0.491. The number of benzene rings is 1. The maximum absolute atomic E-state index is 13.1. The molecule has 192 valence electrons. The summed E-state index contributed by atoms with van der Waals surface area (Å²) in [6.45, 7) is 11.6. The molecule has 0 spiro atoms. The lowest BCUT2D eigenvalue weighted by atomic mass is 9.81. The summed E-state index contributed by atoms with van der Waals surface area (Å²) in [5.41, 5.74) is 2.90. The number of fused-ring (bicyclic) bond motifs is 5. The molecular weight excluding hydrogens is 442 g/mol. The molecule has 7 nitrogen and oxygen atoms in total. The fourth-order valence-electron chi connectivity index (χ4n) is 5.76. The number of nitrogens with zero attached hydrogens (tertiary/aromatic N) is 2. The van der Waals surface area contributed by atoms with E-state index in [2.05, 4.69) is 28.1 Å². The number of carbonyl (C=O) groups excluding carboxylic acids is 2. The standard InChI is InChI=1S/C28H41N3O4/c1-6-34-26(32)23-16-20-15-19(11-13-30(5)27(33)35-28(2,3)4)17-31(18-20)14-12-22-21-9-7-8-10-24(21)29-25(22)23/h7-10,19-20,23,29H,6,11-18H2,1-5H3/t19-,20?,23-/m0/s1. The van der Waals surface area contributed by atoms with Crippen LogP contribution >= 0.6 is 0 Å². The Morgan fingerprint density at radius 2 is 1.94 bits per heavy atom. The largest absolute Gasteiger partial charge is 0.465 e. The van der Waals surface area contributed by atoms with Crippen molar-refractivity contribution in [1.29, 1.82) is 0 Å². The quantitative estimate of drug-likeness (QED) is 0.609. The highest BCUT2D eigenvalue weighted by atomic mass is 16.6. The first-order valence-electron chi connectivity index (χ1n) is 13.1. The number of rotatable bonds is 5. The van der Waals surface area contributed by atoms with Gasteiger partial charge >= 0.3 is 12.1 Å². The van der Waals surface area contributed by atoms with Gasteiger partial charge in [-0.2, -0.15) is 0 Å². The summed E-state index contributed by atoms with van der Waals surface area (Å²) in [5.74, 6) is 0.494. The van der Waals surface area contributed by atoms with E-state index in [9.17, 15) is 9.59 Å². The third-order valence-electron chi connectivity index (χ3n) is 7.29. The molecule has 1 N–H and O–H groups in total. The van der Waals surface area contributed by atoms with Crippen molar-refractivity contribution in [1.82, 2.24) is 14.8 Å². The van der Waals surface area contributed by atoms with E-state index < -0.39 is 5.60 Å². The molecule has 1 amide bonds. The van der Waals surface area contributed by atoms with Crippen molar-refractivity contribution in [2.45, 2.75) is 64.9 Å². The summed E-state index contributed by atoms with van der Waals surface area (Å²) in [6.07, 6.45) is 3.41. The monoisotopic (exact) mass is 483 g/mol. The number of esters is 1. The van der Waals surface area contributed by atoms with Gasteiger partial charge in [0.2, 0.25) is 0 Å². The van der Waals surface area contributed by atoms with Crippen LogP contribution in [0, 0.1) is 11.8 Å². The van der Waals surface area contributed by atoms with Gasteiger partial charge in [0, 0.05) is 49.8 Å². The Kier molecular flexibility index (Phi) is 7.74. The zero-order valence-corrected chi connectivity index (χ0v) is 21.9. The zero-order chi connectivity index (χ0) is 25.2. The van der Waals surface area contributed by atoms with Crippen LogP contribution in [0.3, 0.4) is 0 Å². The molecule has 1 saturated heterocycles. The molecule has 2 aliphatic heterocycles. The molecule has 0 saturated carbocycles. The summed E-state index contributed by atoms with van der Waals surface area (Å²) in [5, 5.41) is 1.21. The fourth-order valence-corrected chi connectivity index (χ4v) is 5.76. The summed E-state index contributed by atoms with van der Waals surface area (Å²) >= 11 is 0.